The van der Waals surface area contributed by atoms with Crippen LogP contribution in [0.5, 0.6) is 0 Å². The molecule has 1 aromatic heterocycles. The summed E-state index contributed by atoms with van der Waals surface area (Å²) in [6.07, 6.45) is 0.950. The molecule has 1 heterocycles. The third-order valence-corrected chi connectivity index (χ3v) is 3.59. The molecule has 1 rings (SSSR count). The highest BCUT2D eigenvalue weighted by Crippen LogP contribution is 2.29. The Morgan fingerprint density at radius 1 is 1.60 bits per heavy atom. The molecular formula is C9H14N2O2S2. The van der Waals surface area contributed by atoms with Gasteiger partial charge in [-0.1, -0.05) is 11.8 Å². The Labute approximate surface area is 97.3 Å². The van der Waals surface area contributed by atoms with Crippen LogP contribution >= 0.6 is 23.1 Å². The summed E-state index contributed by atoms with van der Waals surface area (Å²) in [6, 6.07) is 0. The van der Waals surface area contributed by atoms with E-state index in [1.54, 1.807) is 5.38 Å². The SMILES string of the molecule is CSc1nc(N(C(=O)O)C(C)(C)C)cs1. The summed E-state index contributed by atoms with van der Waals surface area (Å²) in [5.74, 6) is 0.504. The summed E-state index contributed by atoms with van der Waals surface area (Å²) >= 11 is 2.98. The van der Waals surface area contributed by atoms with Crippen molar-refractivity contribution in [2.45, 2.75) is 30.6 Å². The molecule has 6 heteroatoms. The van der Waals surface area contributed by atoms with Crippen LogP contribution in [0.1, 0.15) is 20.8 Å². The van der Waals surface area contributed by atoms with E-state index in [1.165, 1.54) is 28.0 Å². The number of hydrogen-bond acceptors (Lipinski definition) is 4. The van der Waals surface area contributed by atoms with Crippen LogP contribution in [0, 0.1) is 0 Å². The normalized spacial score (nSPS) is 11.5. The molecule has 0 aromatic carbocycles. The summed E-state index contributed by atoms with van der Waals surface area (Å²) in [6.45, 7) is 5.54. The van der Waals surface area contributed by atoms with Crippen LogP contribution < -0.4 is 4.90 Å². The molecule has 0 aliphatic rings. The van der Waals surface area contributed by atoms with Crippen LogP contribution in [0.25, 0.3) is 0 Å². The average Bonchev–Trinajstić information content (AvgIpc) is 2.49. The summed E-state index contributed by atoms with van der Waals surface area (Å²) in [7, 11) is 0. The highest BCUT2D eigenvalue weighted by Gasteiger charge is 2.29. The minimum atomic E-state index is -0.972. The molecule has 15 heavy (non-hydrogen) atoms. The van der Waals surface area contributed by atoms with Gasteiger partial charge >= 0.3 is 6.09 Å². The van der Waals surface area contributed by atoms with Crippen molar-refractivity contribution in [3.05, 3.63) is 5.38 Å². The average molecular weight is 246 g/mol. The van der Waals surface area contributed by atoms with E-state index < -0.39 is 11.6 Å². The van der Waals surface area contributed by atoms with E-state index in [-0.39, 0.29) is 0 Å². The van der Waals surface area contributed by atoms with Crippen molar-refractivity contribution in [2.75, 3.05) is 11.2 Å². The van der Waals surface area contributed by atoms with E-state index in [9.17, 15) is 4.79 Å². The zero-order valence-electron chi connectivity index (χ0n) is 9.14. The largest absolute Gasteiger partial charge is 0.465 e. The van der Waals surface area contributed by atoms with Gasteiger partial charge < -0.3 is 5.11 Å². The van der Waals surface area contributed by atoms with Gasteiger partial charge in [-0.3, -0.25) is 4.90 Å². The Morgan fingerprint density at radius 2 is 2.20 bits per heavy atom. The van der Waals surface area contributed by atoms with Crippen LogP contribution in [0.4, 0.5) is 10.6 Å². The van der Waals surface area contributed by atoms with Crippen molar-refractivity contribution in [2.24, 2.45) is 0 Å². The molecule has 84 valence electrons. The molecule has 0 aliphatic carbocycles. The van der Waals surface area contributed by atoms with Crippen LogP contribution in [-0.4, -0.2) is 28.0 Å². The van der Waals surface area contributed by atoms with Crippen molar-refractivity contribution >= 4 is 35.0 Å². The predicted octanol–water partition coefficient (Wildman–Crippen LogP) is 3.15. The maximum atomic E-state index is 11.1. The van der Waals surface area contributed by atoms with E-state index in [4.69, 9.17) is 5.11 Å². The fourth-order valence-corrected chi connectivity index (χ4v) is 2.40. The lowest BCUT2D eigenvalue weighted by Gasteiger charge is -2.31. The number of aromatic nitrogens is 1. The van der Waals surface area contributed by atoms with Crippen LogP contribution in [-0.2, 0) is 0 Å². The number of anilines is 1. The van der Waals surface area contributed by atoms with Gasteiger partial charge in [-0.05, 0) is 27.0 Å². The summed E-state index contributed by atoms with van der Waals surface area (Å²) < 4.78 is 0.875. The molecule has 1 aromatic rings. The molecule has 1 amide bonds. The molecule has 1 N–H and O–H groups in total. The zero-order chi connectivity index (χ0) is 11.6. The molecular weight excluding hydrogens is 232 g/mol. The number of rotatable bonds is 2. The number of carboxylic acid groups (broad SMARTS) is 1. The van der Waals surface area contributed by atoms with Crippen molar-refractivity contribution < 1.29 is 9.90 Å². The molecule has 0 saturated heterocycles. The number of carbonyl (C=O) groups is 1. The van der Waals surface area contributed by atoms with Crippen molar-refractivity contribution in [3.63, 3.8) is 0 Å². The molecule has 0 atom stereocenters. The lowest BCUT2D eigenvalue weighted by molar-refractivity contribution is 0.195. The van der Waals surface area contributed by atoms with Crippen LogP contribution in [0.15, 0.2) is 9.72 Å². The van der Waals surface area contributed by atoms with E-state index in [0.717, 1.165) is 4.34 Å². The highest BCUT2D eigenvalue weighted by atomic mass is 32.2. The molecule has 0 fully saturated rings. The molecule has 0 bridgehead atoms. The smallest absolute Gasteiger partial charge is 0.413 e. The third kappa shape index (κ3) is 2.85. The maximum Gasteiger partial charge on any atom is 0.413 e. The Balaban J connectivity index is 3.05. The number of amides is 1. The molecule has 0 radical (unpaired) electrons. The van der Waals surface area contributed by atoms with Crippen LogP contribution in [0.3, 0.4) is 0 Å². The van der Waals surface area contributed by atoms with Gasteiger partial charge in [0.05, 0.1) is 0 Å². The van der Waals surface area contributed by atoms with Gasteiger partial charge in [0.15, 0.2) is 10.2 Å². The minimum absolute atomic E-state index is 0.477. The second-order valence-electron chi connectivity index (χ2n) is 3.96. The first-order valence-electron chi connectivity index (χ1n) is 4.39. The highest BCUT2D eigenvalue weighted by molar-refractivity contribution is 8.00. The van der Waals surface area contributed by atoms with Gasteiger partial charge in [-0.2, -0.15) is 0 Å². The number of nitrogens with zero attached hydrogens (tertiary/aromatic N) is 2. The molecule has 0 saturated carbocycles. The Bertz CT molecular complexity index is 357. The number of thiazole rings is 1. The first-order chi connectivity index (χ1) is 6.86. The number of hydrogen-bond donors (Lipinski definition) is 1. The Hall–Kier alpha value is -0.750. The standard InChI is InChI=1S/C9H14N2O2S2/c1-9(2,3)11(8(12)13)6-5-15-7(10-6)14-4/h5H,1-4H3,(H,12,13). The summed E-state index contributed by atoms with van der Waals surface area (Å²) in [5.41, 5.74) is -0.477. The predicted molar refractivity (Wildman–Crippen MR) is 64.2 cm³/mol. The van der Waals surface area contributed by atoms with Crippen molar-refractivity contribution in [3.8, 4) is 0 Å². The topological polar surface area (TPSA) is 53.4 Å². The van der Waals surface area contributed by atoms with Gasteiger partial charge in [-0.25, -0.2) is 9.78 Å². The molecule has 0 unspecified atom stereocenters. The van der Waals surface area contributed by atoms with Gasteiger partial charge in [0.2, 0.25) is 0 Å². The Kier molecular flexibility index (Phi) is 3.62. The number of thioether (sulfide) groups is 1. The van der Waals surface area contributed by atoms with Gasteiger partial charge in [0.25, 0.3) is 0 Å². The summed E-state index contributed by atoms with van der Waals surface area (Å²) in [4.78, 5) is 16.7. The Morgan fingerprint density at radius 3 is 2.53 bits per heavy atom. The van der Waals surface area contributed by atoms with Crippen molar-refractivity contribution in [1.82, 2.24) is 4.98 Å². The summed E-state index contributed by atoms with van der Waals surface area (Å²) in [5, 5.41) is 10.9. The fourth-order valence-electron chi connectivity index (χ4n) is 1.17. The van der Waals surface area contributed by atoms with Gasteiger partial charge in [0, 0.05) is 10.9 Å². The van der Waals surface area contributed by atoms with E-state index >= 15 is 0 Å². The van der Waals surface area contributed by atoms with Gasteiger partial charge in [-0.15, -0.1) is 11.3 Å². The first-order valence-corrected chi connectivity index (χ1v) is 6.49. The lowest BCUT2D eigenvalue weighted by Crippen LogP contribution is -2.45. The van der Waals surface area contributed by atoms with Crippen molar-refractivity contribution in [1.29, 1.82) is 0 Å². The fraction of sp³-hybridized carbons (Fsp3) is 0.556. The second-order valence-corrected chi connectivity index (χ2v) is 5.88. The quantitative estimate of drug-likeness (QED) is 0.814. The molecule has 4 nitrogen and oxygen atoms in total. The lowest BCUT2D eigenvalue weighted by atomic mass is 10.1. The maximum absolute atomic E-state index is 11.1. The van der Waals surface area contributed by atoms with E-state index in [2.05, 4.69) is 4.98 Å². The zero-order valence-corrected chi connectivity index (χ0v) is 10.8. The molecule has 0 aliphatic heterocycles. The van der Waals surface area contributed by atoms with E-state index in [0.29, 0.717) is 5.82 Å². The first kappa shape index (κ1) is 12.3. The third-order valence-electron chi connectivity index (χ3n) is 1.74. The van der Waals surface area contributed by atoms with Crippen LogP contribution in [0.2, 0.25) is 0 Å². The molecule has 0 spiro atoms. The minimum Gasteiger partial charge on any atom is -0.465 e. The monoisotopic (exact) mass is 246 g/mol. The van der Waals surface area contributed by atoms with Gasteiger partial charge in [0.1, 0.15) is 0 Å². The van der Waals surface area contributed by atoms with E-state index in [1.807, 2.05) is 27.0 Å². The second kappa shape index (κ2) is 4.40.